The molecule has 0 aromatic carbocycles. The molecule has 116 valence electrons. The van der Waals surface area contributed by atoms with Gasteiger partial charge in [0.2, 0.25) is 0 Å². The lowest BCUT2D eigenvalue weighted by molar-refractivity contribution is 0.241. The topological polar surface area (TPSA) is 39.1 Å². The maximum absolute atomic E-state index is 9.52. The van der Waals surface area contributed by atoms with Gasteiger partial charge in [-0.1, -0.05) is 13.8 Å². The van der Waals surface area contributed by atoms with Crippen molar-refractivity contribution in [3.05, 3.63) is 0 Å². The third-order valence-corrected chi connectivity index (χ3v) is 4.21. The highest BCUT2D eigenvalue weighted by Gasteiger charge is 2.29. The van der Waals surface area contributed by atoms with Crippen molar-refractivity contribution in [2.45, 2.75) is 77.8 Å². The van der Waals surface area contributed by atoms with Crippen LogP contribution >= 0.6 is 0 Å². The van der Waals surface area contributed by atoms with Crippen molar-refractivity contribution >= 4 is 0 Å². The van der Waals surface area contributed by atoms with E-state index in [0.29, 0.717) is 6.04 Å². The molecule has 1 atom stereocenters. The molecular weight excluding hydrogens is 246 g/mol. The van der Waals surface area contributed by atoms with E-state index in [2.05, 4.69) is 44.0 Å². The zero-order valence-corrected chi connectivity index (χ0v) is 13.9. The predicted molar refractivity (Wildman–Crippen MR) is 85.6 cm³/mol. The smallest absolute Gasteiger partial charge is 0.106 e. The number of rotatable bonds is 11. The van der Waals surface area contributed by atoms with Crippen LogP contribution in [0.5, 0.6) is 0 Å². The lowest BCUT2D eigenvalue weighted by Crippen LogP contribution is -2.47. The zero-order chi connectivity index (χ0) is 15.0. The van der Waals surface area contributed by atoms with Crippen LogP contribution in [0.3, 0.4) is 0 Å². The number of hydrogen-bond donors (Lipinski definition) is 1. The highest BCUT2D eigenvalue weighted by molar-refractivity contribution is 5.06. The van der Waals surface area contributed by atoms with Crippen LogP contribution in [0.1, 0.15) is 66.2 Å². The van der Waals surface area contributed by atoms with Crippen LogP contribution in [-0.4, -0.2) is 36.1 Å². The minimum Gasteiger partial charge on any atom is -0.303 e. The second-order valence-corrected chi connectivity index (χ2v) is 6.69. The van der Waals surface area contributed by atoms with Crippen LogP contribution in [0.15, 0.2) is 0 Å². The second kappa shape index (κ2) is 8.64. The molecule has 3 heteroatoms. The first-order valence-corrected chi connectivity index (χ1v) is 8.46. The fourth-order valence-corrected chi connectivity index (χ4v) is 2.95. The Morgan fingerprint density at radius 1 is 1.30 bits per heavy atom. The van der Waals surface area contributed by atoms with Crippen molar-refractivity contribution in [2.24, 2.45) is 5.92 Å². The summed E-state index contributed by atoms with van der Waals surface area (Å²) < 4.78 is 0. The van der Waals surface area contributed by atoms with E-state index in [-0.39, 0.29) is 5.54 Å². The quantitative estimate of drug-likeness (QED) is 0.628. The molecule has 1 rings (SSSR count). The van der Waals surface area contributed by atoms with E-state index in [1.54, 1.807) is 0 Å². The molecular formula is C17H33N3. The molecule has 0 amide bonds. The van der Waals surface area contributed by atoms with E-state index >= 15 is 0 Å². The Labute approximate surface area is 125 Å². The molecule has 1 saturated carbocycles. The van der Waals surface area contributed by atoms with Gasteiger partial charge in [-0.25, -0.2) is 0 Å². The molecule has 0 radical (unpaired) electrons. The number of hydrogen-bond acceptors (Lipinski definition) is 3. The van der Waals surface area contributed by atoms with E-state index in [0.717, 1.165) is 31.7 Å². The van der Waals surface area contributed by atoms with Gasteiger partial charge < -0.3 is 4.90 Å². The highest BCUT2D eigenvalue weighted by atomic mass is 15.1. The normalized spacial score (nSPS) is 18.2. The van der Waals surface area contributed by atoms with E-state index in [4.69, 9.17) is 0 Å². The molecule has 1 fully saturated rings. The Kier molecular flexibility index (Phi) is 7.55. The standard InChI is InChI=1S/C17H33N3/c1-5-11-20(13-16-8-9-16)12-7-10-17(6-2,14-18)19-15(3)4/h15-16,19H,5-13H2,1-4H3. The van der Waals surface area contributed by atoms with Crippen LogP contribution in [0.25, 0.3) is 0 Å². The average molecular weight is 279 g/mol. The van der Waals surface area contributed by atoms with E-state index < -0.39 is 0 Å². The van der Waals surface area contributed by atoms with Crippen molar-refractivity contribution in [1.29, 1.82) is 5.26 Å². The van der Waals surface area contributed by atoms with Gasteiger partial charge in [0.15, 0.2) is 0 Å². The highest BCUT2D eigenvalue weighted by Crippen LogP contribution is 2.30. The minimum atomic E-state index is -0.328. The van der Waals surface area contributed by atoms with Gasteiger partial charge in [-0.3, -0.25) is 5.32 Å². The van der Waals surface area contributed by atoms with Crippen LogP contribution in [0.2, 0.25) is 0 Å². The summed E-state index contributed by atoms with van der Waals surface area (Å²) in [6.45, 7) is 12.2. The molecule has 0 saturated heterocycles. The summed E-state index contributed by atoms with van der Waals surface area (Å²) >= 11 is 0. The van der Waals surface area contributed by atoms with E-state index in [1.807, 2.05) is 0 Å². The third-order valence-electron chi connectivity index (χ3n) is 4.21. The van der Waals surface area contributed by atoms with Crippen molar-refractivity contribution in [3.8, 4) is 6.07 Å². The summed E-state index contributed by atoms with van der Waals surface area (Å²) in [6, 6.07) is 2.89. The number of nitriles is 1. The maximum Gasteiger partial charge on any atom is 0.106 e. The predicted octanol–water partition coefficient (Wildman–Crippen LogP) is 3.56. The molecule has 1 N–H and O–H groups in total. The fraction of sp³-hybridized carbons (Fsp3) is 0.941. The molecule has 3 nitrogen and oxygen atoms in total. The van der Waals surface area contributed by atoms with Gasteiger partial charge in [-0.2, -0.15) is 5.26 Å². The van der Waals surface area contributed by atoms with Crippen LogP contribution in [0, 0.1) is 17.2 Å². The lowest BCUT2D eigenvalue weighted by Gasteiger charge is -2.30. The SMILES string of the molecule is CCCN(CCCC(C#N)(CC)NC(C)C)CC1CC1. The fourth-order valence-electron chi connectivity index (χ4n) is 2.95. The molecule has 0 heterocycles. The average Bonchev–Trinajstić information content (AvgIpc) is 3.21. The van der Waals surface area contributed by atoms with Crippen LogP contribution in [0.4, 0.5) is 0 Å². The molecule has 0 aromatic heterocycles. The summed E-state index contributed by atoms with van der Waals surface area (Å²) in [5.74, 6) is 0.960. The van der Waals surface area contributed by atoms with Crippen LogP contribution < -0.4 is 5.32 Å². The molecule has 0 bridgehead atoms. The molecule has 0 aromatic rings. The van der Waals surface area contributed by atoms with Gasteiger partial charge >= 0.3 is 0 Å². The van der Waals surface area contributed by atoms with Crippen molar-refractivity contribution in [2.75, 3.05) is 19.6 Å². The minimum absolute atomic E-state index is 0.328. The first-order valence-electron chi connectivity index (χ1n) is 8.46. The van der Waals surface area contributed by atoms with Crippen molar-refractivity contribution in [1.82, 2.24) is 10.2 Å². The van der Waals surface area contributed by atoms with Crippen molar-refractivity contribution < 1.29 is 0 Å². The Balaban J connectivity index is 2.38. The molecule has 1 unspecified atom stereocenters. The first-order chi connectivity index (χ1) is 9.55. The maximum atomic E-state index is 9.52. The molecule has 1 aliphatic carbocycles. The summed E-state index contributed by atoms with van der Waals surface area (Å²) in [7, 11) is 0. The van der Waals surface area contributed by atoms with Gasteiger partial charge in [-0.15, -0.1) is 0 Å². The van der Waals surface area contributed by atoms with Gasteiger partial charge in [0.1, 0.15) is 5.54 Å². The van der Waals surface area contributed by atoms with Gasteiger partial charge in [0.05, 0.1) is 6.07 Å². The second-order valence-electron chi connectivity index (χ2n) is 6.69. The summed E-state index contributed by atoms with van der Waals surface area (Å²) in [5, 5.41) is 13.0. The van der Waals surface area contributed by atoms with Crippen LogP contribution in [-0.2, 0) is 0 Å². The number of nitrogens with zero attached hydrogens (tertiary/aromatic N) is 2. The Morgan fingerprint density at radius 2 is 2.00 bits per heavy atom. The van der Waals surface area contributed by atoms with Gasteiger partial charge in [-0.05, 0) is 71.4 Å². The first kappa shape index (κ1) is 17.5. The molecule has 20 heavy (non-hydrogen) atoms. The van der Waals surface area contributed by atoms with E-state index in [9.17, 15) is 5.26 Å². The lowest BCUT2D eigenvalue weighted by atomic mass is 9.91. The third kappa shape index (κ3) is 6.24. The summed E-state index contributed by atoms with van der Waals surface area (Å²) in [6.07, 6.45) is 7.04. The molecule has 0 aliphatic heterocycles. The summed E-state index contributed by atoms with van der Waals surface area (Å²) in [5.41, 5.74) is -0.328. The number of nitrogens with one attached hydrogen (secondary N) is 1. The Hall–Kier alpha value is -0.590. The monoisotopic (exact) mass is 279 g/mol. The van der Waals surface area contributed by atoms with Gasteiger partial charge in [0.25, 0.3) is 0 Å². The molecule has 1 aliphatic rings. The summed E-state index contributed by atoms with van der Waals surface area (Å²) in [4.78, 5) is 2.60. The zero-order valence-electron chi connectivity index (χ0n) is 13.9. The van der Waals surface area contributed by atoms with E-state index in [1.165, 1.54) is 32.4 Å². The Bertz CT molecular complexity index is 304. The van der Waals surface area contributed by atoms with Crippen molar-refractivity contribution in [3.63, 3.8) is 0 Å². The largest absolute Gasteiger partial charge is 0.303 e. The van der Waals surface area contributed by atoms with Gasteiger partial charge in [0, 0.05) is 12.6 Å². The molecule has 0 spiro atoms. The Morgan fingerprint density at radius 3 is 2.45 bits per heavy atom.